The quantitative estimate of drug-likeness (QED) is 0.800. The number of sulfonamides is 1. The summed E-state index contributed by atoms with van der Waals surface area (Å²) in [5.74, 6) is 0.0489. The maximum Gasteiger partial charge on any atom is 0.269 e. The van der Waals surface area contributed by atoms with Crippen LogP contribution in [0.1, 0.15) is 16.1 Å². The fraction of sp³-hybridized carbons (Fsp3) is 0.231. The fourth-order valence-electron chi connectivity index (χ4n) is 2.07. The molecule has 5 nitrogen and oxygen atoms in total. The number of nitrogens with zero attached hydrogens (tertiary/aromatic N) is 2. The molecule has 3 rings (SSSR count). The molecular weight excluding hydrogens is 328 g/mol. The van der Waals surface area contributed by atoms with Crippen molar-refractivity contribution in [3.05, 3.63) is 40.9 Å². The Kier molecular flexibility index (Phi) is 3.76. The van der Waals surface area contributed by atoms with Gasteiger partial charge in [0, 0.05) is 23.4 Å². The number of benzene rings is 1. The maximum absolute atomic E-state index is 12.3. The molecule has 2 aromatic rings. The van der Waals surface area contributed by atoms with Crippen molar-refractivity contribution in [1.29, 1.82) is 0 Å². The van der Waals surface area contributed by atoms with E-state index in [0.717, 1.165) is 14.3 Å². The highest BCUT2D eigenvalue weighted by Crippen LogP contribution is 2.30. The van der Waals surface area contributed by atoms with Gasteiger partial charge in [-0.05, 0) is 19.1 Å². The minimum atomic E-state index is -3.69. The Morgan fingerprint density at radius 1 is 1.33 bits per heavy atom. The average Bonchev–Trinajstić information content (AvgIpc) is 2.95. The van der Waals surface area contributed by atoms with Crippen molar-refractivity contribution < 1.29 is 13.2 Å². The zero-order valence-corrected chi connectivity index (χ0v) is 13.6. The predicted octanol–water partition coefficient (Wildman–Crippen LogP) is 2.39. The number of fused-ring (bicyclic) bond motifs is 1. The molecule has 0 spiro atoms. The minimum absolute atomic E-state index is 0.102. The van der Waals surface area contributed by atoms with E-state index in [0.29, 0.717) is 5.75 Å². The standard InChI is InChI=1S/C13H12N2O3S3/c1-9-8-20-13(14-9)19-7-6-15-12(16)10-4-2-3-5-11(10)21(15,17)18/h2-5,8H,6-7H2,1H3. The summed E-state index contributed by atoms with van der Waals surface area (Å²) >= 11 is 2.98. The van der Waals surface area contributed by atoms with Gasteiger partial charge in [0.25, 0.3) is 15.9 Å². The summed E-state index contributed by atoms with van der Waals surface area (Å²) in [6.07, 6.45) is 0. The van der Waals surface area contributed by atoms with Gasteiger partial charge >= 0.3 is 0 Å². The van der Waals surface area contributed by atoms with E-state index in [1.54, 1.807) is 18.2 Å². The molecule has 0 fully saturated rings. The highest BCUT2D eigenvalue weighted by Gasteiger charge is 2.40. The number of aromatic nitrogens is 1. The third-order valence-corrected chi connectivity index (χ3v) is 6.99. The van der Waals surface area contributed by atoms with Gasteiger partial charge in [0.15, 0.2) is 0 Å². The van der Waals surface area contributed by atoms with E-state index >= 15 is 0 Å². The predicted molar refractivity (Wildman–Crippen MR) is 82.2 cm³/mol. The fourth-order valence-corrected chi connectivity index (χ4v) is 5.60. The summed E-state index contributed by atoms with van der Waals surface area (Å²) in [5.41, 5.74) is 1.20. The Hall–Kier alpha value is -1.38. The Labute approximate surface area is 131 Å². The molecule has 1 aliphatic rings. The normalized spacial score (nSPS) is 16.2. The van der Waals surface area contributed by atoms with Crippen LogP contribution in [0.3, 0.4) is 0 Å². The largest absolute Gasteiger partial charge is 0.269 e. The van der Waals surface area contributed by atoms with Crippen molar-refractivity contribution in [1.82, 2.24) is 9.29 Å². The SMILES string of the molecule is Cc1csc(SCCN2C(=O)c3ccccc3S2(=O)=O)n1. The van der Waals surface area contributed by atoms with Gasteiger partial charge in [-0.2, -0.15) is 0 Å². The zero-order valence-electron chi connectivity index (χ0n) is 11.1. The second-order valence-electron chi connectivity index (χ2n) is 4.48. The number of aryl methyl sites for hydroxylation is 1. The Bertz CT molecular complexity index is 798. The van der Waals surface area contributed by atoms with Crippen molar-refractivity contribution >= 4 is 39.0 Å². The number of amides is 1. The Morgan fingerprint density at radius 3 is 2.76 bits per heavy atom. The molecule has 110 valence electrons. The van der Waals surface area contributed by atoms with Gasteiger partial charge in [-0.25, -0.2) is 17.7 Å². The molecule has 0 bridgehead atoms. The lowest BCUT2D eigenvalue weighted by Gasteiger charge is -2.13. The maximum atomic E-state index is 12.3. The summed E-state index contributed by atoms with van der Waals surface area (Å²) in [5, 5.41) is 1.94. The van der Waals surface area contributed by atoms with Crippen LogP contribution in [0.25, 0.3) is 0 Å². The van der Waals surface area contributed by atoms with Gasteiger partial charge in [0.2, 0.25) is 0 Å². The topological polar surface area (TPSA) is 67.3 Å². The van der Waals surface area contributed by atoms with E-state index in [1.807, 2.05) is 12.3 Å². The molecule has 1 aromatic carbocycles. The molecule has 0 radical (unpaired) electrons. The van der Waals surface area contributed by atoms with Crippen LogP contribution in [0.4, 0.5) is 0 Å². The smallest absolute Gasteiger partial charge is 0.268 e. The van der Waals surface area contributed by atoms with Crippen molar-refractivity contribution in [2.24, 2.45) is 0 Å². The van der Waals surface area contributed by atoms with Crippen LogP contribution in [-0.2, 0) is 10.0 Å². The summed E-state index contributed by atoms with van der Waals surface area (Å²) < 4.78 is 26.5. The molecule has 0 saturated heterocycles. The molecule has 0 N–H and O–H groups in total. The van der Waals surface area contributed by atoms with Crippen molar-refractivity contribution in [2.75, 3.05) is 12.3 Å². The molecule has 1 aliphatic heterocycles. The van der Waals surface area contributed by atoms with Crippen LogP contribution in [0.2, 0.25) is 0 Å². The molecule has 0 atom stereocenters. The van der Waals surface area contributed by atoms with Crippen molar-refractivity contribution in [3.63, 3.8) is 0 Å². The van der Waals surface area contributed by atoms with Crippen LogP contribution < -0.4 is 0 Å². The van der Waals surface area contributed by atoms with Gasteiger partial charge < -0.3 is 0 Å². The Morgan fingerprint density at radius 2 is 2.10 bits per heavy atom. The second-order valence-corrected chi connectivity index (χ2v) is 8.51. The molecule has 8 heteroatoms. The number of hydrogen-bond acceptors (Lipinski definition) is 6. The Balaban J connectivity index is 1.74. The summed E-state index contributed by atoms with van der Waals surface area (Å²) in [6.45, 7) is 2.06. The number of thiazole rings is 1. The summed E-state index contributed by atoms with van der Waals surface area (Å²) in [7, 11) is -3.69. The van der Waals surface area contributed by atoms with E-state index < -0.39 is 15.9 Å². The lowest BCUT2D eigenvalue weighted by atomic mass is 10.2. The van der Waals surface area contributed by atoms with E-state index in [1.165, 1.54) is 29.2 Å². The number of hydrogen-bond donors (Lipinski definition) is 0. The van der Waals surface area contributed by atoms with Crippen molar-refractivity contribution in [3.8, 4) is 0 Å². The minimum Gasteiger partial charge on any atom is -0.268 e. The van der Waals surface area contributed by atoms with Gasteiger partial charge in [-0.3, -0.25) is 4.79 Å². The van der Waals surface area contributed by atoms with Gasteiger partial charge in [0.05, 0.1) is 5.56 Å². The highest BCUT2D eigenvalue weighted by molar-refractivity contribution is 8.01. The lowest BCUT2D eigenvalue weighted by Crippen LogP contribution is -2.32. The molecule has 0 aliphatic carbocycles. The van der Waals surface area contributed by atoms with Gasteiger partial charge in [-0.1, -0.05) is 23.9 Å². The lowest BCUT2D eigenvalue weighted by molar-refractivity contribution is 0.0876. The number of thioether (sulfide) groups is 1. The molecular formula is C13H12N2O3S3. The first kappa shape index (κ1) is 14.6. The van der Waals surface area contributed by atoms with Crippen LogP contribution in [0, 0.1) is 6.92 Å². The van der Waals surface area contributed by atoms with E-state index in [4.69, 9.17) is 0 Å². The molecule has 1 aromatic heterocycles. The summed E-state index contributed by atoms with van der Waals surface area (Å²) in [6, 6.07) is 6.32. The second kappa shape index (κ2) is 5.43. The average molecular weight is 340 g/mol. The molecule has 0 unspecified atom stereocenters. The molecule has 2 heterocycles. The van der Waals surface area contributed by atoms with E-state index in [9.17, 15) is 13.2 Å². The molecule has 21 heavy (non-hydrogen) atoms. The van der Waals surface area contributed by atoms with Crippen LogP contribution in [0.5, 0.6) is 0 Å². The van der Waals surface area contributed by atoms with E-state index in [-0.39, 0.29) is 17.0 Å². The van der Waals surface area contributed by atoms with Gasteiger partial charge in [-0.15, -0.1) is 11.3 Å². The number of carbonyl (C=O) groups is 1. The zero-order chi connectivity index (χ0) is 15.0. The first-order valence-electron chi connectivity index (χ1n) is 6.21. The first-order chi connectivity index (χ1) is 10.00. The van der Waals surface area contributed by atoms with Crippen molar-refractivity contribution in [2.45, 2.75) is 16.2 Å². The van der Waals surface area contributed by atoms with Gasteiger partial charge in [0.1, 0.15) is 9.24 Å². The van der Waals surface area contributed by atoms with E-state index in [2.05, 4.69) is 4.98 Å². The van der Waals surface area contributed by atoms with Crippen LogP contribution in [0.15, 0.2) is 38.9 Å². The first-order valence-corrected chi connectivity index (χ1v) is 9.52. The van der Waals surface area contributed by atoms with Crippen LogP contribution >= 0.6 is 23.1 Å². The highest BCUT2D eigenvalue weighted by atomic mass is 32.2. The third-order valence-electron chi connectivity index (χ3n) is 3.03. The molecule has 0 saturated carbocycles. The number of carbonyl (C=O) groups excluding carboxylic acids is 1. The number of rotatable bonds is 4. The summed E-state index contributed by atoms with van der Waals surface area (Å²) in [4.78, 5) is 16.6. The van der Waals surface area contributed by atoms with Crippen LogP contribution in [-0.4, -0.2) is 35.9 Å². The monoisotopic (exact) mass is 340 g/mol. The third kappa shape index (κ3) is 2.58. The molecule has 1 amide bonds.